The van der Waals surface area contributed by atoms with Crippen LogP contribution >= 0.6 is 0 Å². The Balaban J connectivity index is 1.40. The van der Waals surface area contributed by atoms with E-state index in [1.165, 1.54) is 77.6 Å². The van der Waals surface area contributed by atoms with Crippen LogP contribution in [0.5, 0.6) is 0 Å². The summed E-state index contributed by atoms with van der Waals surface area (Å²) in [4.78, 5) is 23.1. The van der Waals surface area contributed by atoms with Gasteiger partial charge in [0.25, 0.3) is 0 Å². The van der Waals surface area contributed by atoms with Gasteiger partial charge in [0.15, 0.2) is 0 Å². The van der Waals surface area contributed by atoms with Gasteiger partial charge >= 0.3 is 5.97 Å². The lowest BCUT2D eigenvalue weighted by molar-refractivity contribution is -0.145. The maximum Gasteiger partial charge on any atom is 0.309 e. The molecule has 0 radical (unpaired) electrons. The molecular formula is C37H68O7. The monoisotopic (exact) mass is 624 g/mol. The van der Waals surface area contributed by atoms with Gasteiger partial charge in [0.2, 0.25) is 0 Å². The van der Waals surface area contributed by atoms with Crippen LogP contribution in [0, 0.1) is 5.92 Å². The lowest BCUT2D eigenvalue weighted by atomic mass is 9.96. The summed E-state index contributed by atoms with van der Waals surface area (Å²) in [5.41, 5.74) is 0. The number of hydrogen-bond donors (Lipinski definition) is 3. The van der Waals surface area contributed by atoms with E-state index in [9.17, 15) is 24.9 Å². The minimum absolute atomic E-state index is 0.0341. The van der Waals surface area contributed by atoms with Crippen LogP contribution in [0.15, 0.2) is 0 Å². The summed E-state index contributed by atoms with van der Waals surface area (Å²) >= 11 is 0. The molecule has 7 nitrogen and oxygen atoms in total. The molecule has 0 amide bonds. The molecule has 2 rings (SSSR count). The molecule has 7 atom stereocenters. The van der Waals surface area contributed by atoms with E-state index in [1.54, 1.807) is 0 Å². The number of hydrogen-bond acceptors (Lipinski definition) is 7. The number of cyclic esters (lactones) is 1. The highest BCUT2D eigenvalue weighted by Gasteiger charge is 2.35. The molecule has 44 heavy (non-hydrogen) atoms. The van der Waals surface area contributed by atoms with E-state index in [1.807, 2.05) is 0 Å². The number of ketones is 1. The molecule has 7 heteroatoms. The first-order valence-electron chi connectivity index (χ1n) is 18.7. The van der Waals surface area contributed by atoms with E-state index < -0.39 is 12.2 Å². The fourth-order valence-electron chi connectivity index (χ4n) is 7.04. The van der Waals surface area contributed by atoms with Gasteiger partial charge in [0.05, 0.1) is 36.4 Å². The minimum atomic E-state index is -0.504. The van der Waals surface area contributed by atoms with Crippen LogP contribution in [-0.2, 0) is 19.1 Å². The molecule has 0 aromatic carbocycles. The molecule has 1 unspecified atom stereocenters. The third kappa shape index (κ3) is 17.6. The van der Waals surface area contributed by atoms with Gasteiger partial charge < -0.3 is 29.6 Å². The van der Waals surface area contributed by atoms with Gasteiger partial charge in [0, 0.05) is 6.42 Å². The molecule has 0 spiro atoms. The van der Waals surface area contributed by atoms with Crippen molar-refractivity contribution in [2.45, 2.75) is 217 Å². The van der Waals surface area contributed by atoms with Gasteiger partial charge in [-0.25, -0.2) is 0 Å². The van der Waals surface area contributed by atoms with Crippen molar-refractivity contribution in [3.05, 3.63) is 0 Å². The average molecular weight is 625 g/mol. The first-order chi connectivity index (χ1) is 21.3. The third-order valence-corrected chi connectivity index (χ3v) is 9.85. The zero-order valence-electron chi connectivity index (χ0n) is 28.4. The Morgan fingerprint density at radius 1 is 0.705 bits per heavy atom. The molecule has 2 heterocycles. The zero-order valence-corrected chi connectivity index (χ0v) is 28.4. The van der Waals surface area contributed by atoms with Gasteiger partial charge in [-0.15, -0.1) is 0 Å². The largest absolute Gasteiger partial charge is 0.462 e. The van der Waals surface area contributed by atoms with Gasteiger partial charge in [-0.3, -0.25) is 4.79 Å². The molecule has 258 valence electrons. The molecule has 2 aliphatic heterocycles. The second kappa shape index (κ2) is 24.2. The highest BCUT2D eigenvalue weighted by atomic mass is 16.6. The number of Topliss-reactive ketones (excluding diaryl/α,β-unsaturated/α-hetero) is 1. The molecule has 0 aliphatic carbocycles. The number of unbranched alkanes of at least 4 members (excludes halogenated alkanes) is 14. The number of rotatable bonds is 28. The summed E-state index contributed by atoms with van der Waals surface area (Å²) in [5.74, 6) is -0.459. The quantitative estimate of drug-likeness (QED) is 0.0595. The average Bonchev–Trinajstić information content (AvgIpc) is 3.62. The maximum atomic E-state index is 11.8. The van der Waals surface area contributed by atoms with Crippen LogP contribution in [0.4, 0.5) is 0 Å². The second-order valence-electron chi connectivity index (χ2n) is 14.1. The van der Waals surface area contributed by atoms with Crippen LogP contribution in [0.25, 0.3) is 0 Å². The van der Waals surface area contributed by atoms with Gasteiger partial charge in [-0.2, -0.15) is 0 Å². The van der Waals surface area contributed by atoms with E-state index >= 15 is 0 Å². The standard InChI is InChI=1S/C37H68O7/c1-3-4-5-6-7-8-9-10-11-12-13-17-23-33(40)35-25-26-36(44-35)34(41)24-19-18-21-31(39)20-15-14-16-22-32-28-30(27-29(2)38)37(42)43-32/h30-36,39-41H,3-28H2,1-2H3/t30?,31-,32-,33-,34-,35-,36-/m1/s1. The Morgan fingerprint density at radius 2 is 1.16 bits per heavy atom. The van der Waals surface area contributed by atoms with Crippen LogP contribution in [0.3, 0.4) is 0 Å². The highest BCUT2D eigenvalue weighted by Crippen LogP contribution is 2.29. The smallest absolute Gasteiger partial charge is 0.309 e. The number of aliphatic hydroxyl groups is 3. The normalized spacial score (nSPS) is 24.0. The van der Waals surface area contributed by atoms with Crippen molar-refractivity contribution >= 4 is 11.8 Å². The second-order valence-corrected chi connectivity index (χ2v) is 14.1. The molecule has 0 saturated carbocycles. The van der Waals surface area contributed by atoms with Gasteiger partial charge in [0.1, 0.15) is 11.9 Å². The number of aliphatic hydroxyl groups excluding tert-OH is 3. The predicted molar refractivity (Wildman–Crippen MR) is 176 cm³/mol. The lowest BCUT2D eigenvalue weighted by Crippen LogP contribution is -2.31. The van der Waals surface area contributed by atoms with Crippen molar-refractivity contribution in [1.82, 2.24) is 0 Å². The van der Waals surface area contributed by atoms with E-state index in [0.29, 0.717) is 12.8 Å². The number of carbonyl (C=O) groups is 2. The van der Waals surface area contributed by atoms with E-state index in [-0.39, 0.29) is 48.5 Å². The molecule has 0 aromatic rings. The van der Waals surface area contributed by atoms with Gasteiger partial charge in [-0.05, 0) is 64.7 Å². The number of esters is 1. The van der Waals surface area contributed by atoms with Gasteiger partial charge in [-0.1, -0.05) is 110 Å². The molecule has 2 saturated heterocycles. The van der Waals surface area contributed by atoms with Crippen molar-refractivity contribution in [2.75, 3.05) is 0 Å². The number of ether oxygens (including phenoxy) is 2. The first-order valence-corrected chi connectivity index (χ1v) is 18.7. The first kappa shape index (κ1) is 39.2. The van der Waals surface area contributed by atoms with Crippen LogP contribution < -0.4 is 0 Å². The summed E-state index contributed by atoms with van der Waals surface area (Å²) in [7, 11) is 0. The lowest BCUT2D eigenvalue weighted by Gasteiger charge is -2.22. The Kier molecular flexibility index (Phi) is 21.5. The molecule has 2 fully saturated rings. The van der Waals surface area contributed by atoms with E-state index in [2.05, 4.69) is 6.92 Å². The Labute approximate surface area is 269 Å². The molecule has 0 bridgehead atoms. The van der Waals surface area contributed by atoms with Crippen molar-refractivity contribution in [3.63, 3.8) is 0 Å². The Morgan fingerprint density at radius 3 is 1.70 bits per heavy atom. The van der Waals surface area contributed by atoms with Crippen molar-refractivity contribution < 1.29 is 34.4 Å². The van der Waals surface area contributed by atoms with Crippen LogP contribution in [0.2, 0.25) is 0 Å². The zero-order chi connectivity index (χ0) is 32.0. The van der Waals surface area contributed by atoms with Crippen LogP contribution in [-0.4, -0.2) is 63.7 Å². The topological polar surface area (TPSA) is 113 Å². The highest BCUT2D eigenvalue weighted by molar-refractivity contribution is 5.83. The summed E-state index contributed by atoms with van der Waals surface area (Å²) in [5, 5.41) is 31.6. The van der Waals surface area contributed by atoms with Crippen LogP contribution in [0.1, 0.15) is 181 Å². The van der Waals surface area contributed by atoms with E-state index in [4.69, 9.17) is 9.47 Å². The fraction of sp³-hybridized carbons (Fsp3) is 0.946. The summed E-state index contributed by atoms with van der Waals surface area (Å²) < 4.78 is 11.5. The fourth-order valence-corrected chi connectivity index (χ4v) is 7.04. The summed E-state index contributed by atoms with van der Waals surface area (Å²) in [6, 6.07) is 0. The van der Waals surface area contributed by atoms with Crippen molar-refractivity contribution in [1.29, 1.82) is 0 Å². The maximum absolute atomic E-state index is 11.8. The summed E-state index contributed by atoms with van der Waals surface area (Å²) in [6.45, 7) is 3.78. The SMILES string of the molecule is CCCCCCCCCCCCCC[C@@H](O)[C@H]1CC[C@H]([C@H](O)CCCC[C@H](O)CCCCC[C@@H]2CC(CC(C)=O)C(=O)O2)O1. The van der Waals surface area contributed by atoms with E-state index in [0.717, 1.165) is 77.0 Å². The molecule has 0 aromatic heterocycles. The Hall–Kier alpha value is -1.02. The summed E-state index contributed by atoms with van der Waals surface area (Å²) in [6.07, 6.45) is 25.1. The van der Waals surface area contributed by atoms with Crippen molar-refractivity contribution in [3.8, 4) is 0 Å². The Bertz CT molecular complexity index is 743. The predicted octanol–water partition coefficient (Wildman–Crippen LogP) is 8.13. The minimum Gasteiger partial charge on any atom is -0.462 e. The number of carbonyl (C=O) groups excluding carboxylic acids is 2. The third-order valence-electron chi connectivity index (χ3n) is 9.85. The molecule has 3 N–H and O–H groups in total. The molecule has 2 aliphatic rings. The molecular weight excluding hydrogens is 556 g/mol. The van der Waals surface area contributed by atoms with Crippen molar-refractivity contribution in [2.24, 2.45) is 5.92 Å².